The number of benzene rings is 6. The van der Waals surface area contributed by atoms with Crippen LogP contribution in [0.25, 0.3) is 0 Å². The maximum atomic E-state index is 7.83. The average molecular weight is 966 g/mol. The smallest absolute Gasteiger partial charge is 0.297 e. The van der Waals surface area contributed by atoms with Crippen molar-refractivity contribution in [2.45, 2.75) is 181 Å². The fourth-order valence-electron chi connectivity index (χ4n) is 12.9. The molecule has 5 heteroatoms. The van der Waals surface area contributed by atoms with Gasteiger partial charge in [0.25, 0.3) is 6.71 Å². The molecule has 0 radical (unpaired) electrons. The van der Waals surface area contributed by atoms with Gasteiger partial charge in [0.15, 0.2) is 0 Å². The molecule has 0 N–H and O–H groups in total. The van der Waals surface area contributed by atoms with E-state index in [4.69, 9.17) is 4.42 Å². The summed E-state index contributed by atoms with van der Waals surface area (Å²) in [6.45, 7) is 40.3. The van der Waals surface area contributed by atoms with Gasteiger partial charge in [-0.3, -0.25) is 0 Å². The summed E-state index contributed by atoms with van der Waals surface area (Å²) in [5, 5.41) is 0. The molecule has 2 aliphatic heterocycles. The van der Waals surface area contributed by atoms with E-state index in [1.807, 2.05) is 0 Å². The fourth-order valence-corrected chi connectivity index (χ4v) is 12.9. The van der Waals surface area contributed by atoms with Crippen molar-refractivity contribution in [1.82, 2.24) is 0 Å². The monoisotopic (exact) mass is 966 g/mol. The minimum atomic E-state index is -0.154. The van der Waals surface area contributed by atoms with Crippen molar-refractivity contribution < 1.29 is 4.42 Å². The molecule has 0 saturated carbocycles. The first-order valence-electron chi connectivity index (χ1n) is 27.4. The summed E-state index contributed by atoms with van der Waals surface area (Å²) < 4.78 is 7.83. The maximum Gasteiger partial charge on any atom is 0.297 e. The summed E-state index contributed by atoms with van der Waals surface area (Å²) in [7, 11) is 0. The van der Waals surface area contributed by atoms with Crippen LogP contribution in [-0.4, -0.2) is 6.71 Å². The number of furan rings is 1. The van der Waals surface area contributed by atoms with Crippen molar-refractivity contribution in [3.8, 4) is 0 Å². The van der Waals surface area contributed by atoms with Gasteiger partial charge >= 0.3 is 0 Å². The molecule has 2 aliphatic carbocycles. The number of hydrogen-bond acceptors (Lipinski definition) is 4. The first kappa shape index (κ1) is 49.3. The third-order valence-electron chi connectivity index (χ3n) is 17.8. The molecule has 0 spiro atoms. The lowest BCUT2D eigenvalue weighted by atomic mass is 9.35. The van der Waals surface area contributed by atoms with Crippen molar-refractivity contribution in [2.75, 3.05) is 14.7 Å². The Morgan fingerprint density at radius 2 is 0.890 bits per heavy atom. The fraction of sp³-hybridized carbons (Fsp3) is 0.412. The number of hydrogen-bond donors (Lipinski definition) is 0. The van der Waals surface area contributed by atoms with Gasteiger partial charge in [-0.25, -0.2) is 0 Å². The average Bonchev–Trinajstić information content (AvgIpc) is 3.75. The van der Waals surface area contributed by atoms with Gasteiger partial charge < -0.3 is 19.1 Å². The highest BCUT2D eigenvalue weighted by molar-refractivity contribution is 6.99. The van der Waals surface area contributed by atoms with Crippen LogP contribution in [0.4, 0.5) is 51.2 Å². The lowest BCUT2D eigenvalue weighted by Gasteiger charge is -2.47. The summed E-state index contributed by atoms with van der Waals surface area (Å²) in [5.74, 6) is 1.14. The van der Waals surface area contributed by atoms with Gasteiger partial charge in [0.1, 0.15) is 5.76 Å². The molecule has 3 heterocycles. The van der Waals surface area contributed by atoms with Gasteiger partial charge in [-0.2, -0.15) is 0 Å². The SMILES string of the molecule is CC(C)(C)c1ccc(N(c2ccccc2)c2cc3c4c(c2)N(c2ccc(C(C)(C)C)cc2)c2c(oc5c2C(C)(C)CCC5(C)C)B4c2cc4c(cc2N3c2ccc(C(C)(C)C)cc2)C(C)(C)CCC4(C)C)cc1. The zero-order valence-electron chi connectivity index (χ0n) is 47.3. The Balaban J connectivity index is 1.31. The van der Waals surface area contributed by atoms with Crippen LogP contribution < -0.4 is 31.3 Å². The van der Waals surface area contributed by atoms with Crippen LogP contribution in [0.15, 0.2) is 132 Å². The minimum absolute atomic E-state index is 0.00351. The van der Waals surface area contributed by atoms with E-state index in [9.17, 15) is 0 Å². The minimum Gasteiger partial charge on any atom is -0.472 e. The highest BCUT2D eigenvalue weighted by Gasteiger charge is 2.53. The molecular weight excluding hydrogens is 886 g/mol. The highest BCUT2D eigenvalue weighted by Crippen LogP contribution is 2.57. The van der Waals surface area contributed by atoms with E-state index in [2.05, 4.69) is 260 Å². The van der Waals surface area contributed by atoms with Crippen LogP contribution in [0.5, 0.6) is 0 Å². The standard InChI is InChI=1S/C68H80BN3O/c1-62(2,3)43-23-29-47(30-24-43)70(46-21-19-18-20-22-46)50-39-55-58-56(40-50)72(49-33-27-45(28-34-49)64(7,8)9)59-57-60(68(16,17)38-37-67(57,14)15)73-61(59)69(58)53-41-51-52(66(12,13)36-35-65(51,10)11)42-54(53)71(55)48-31-25-44(26-32-48)63(4,5)6/h18-34,39-42H,35-38H2,1-17H3. The van der Waals surface area contributed by atoms with Gasteiger partial charge in [-0.05, 0) is 164 Å². The van der Waals surface area contributed by atoms with Crippen LogP contribution >= 0.6 is 0 Å². The zero-order chi connectivity index (χ0) is 52.2. The second-order valence-corrected chi connectivity index (χ2v) is 28.1. The number of rotatable bonds is 5. The molecule has 7 aromatic rings. The topological polar surface area (TPSA) is 22.9 Å². The predicted octanol–water partition coefficient (Wildman–Crippen LogP) is 17.4. The van der Waals surface area contributed by atoms with E-state index >= 15 is 0 Å². The highest BCUT2D eigenvalue weighted by atomic mass is 16.3. The number of fused-ring (bicyclic) bond motifs is 7. The second-order valence-electron chi connectivity index (χ2n) is 28.1. The van der Waals surface area contributed by atoms with E-state index in [0.29, 0.717) is 0 Å². The predicted molar refractivity (Wildman–Crippen MR) is 314 cm³/mol. The first-order chi connectivity index (χ1) is 34.1. The van der Waals surface area contributed by atoms with E-state index in [1.54, 1.807) is 0 Å². The Kier molecular flexibility index (Phi) is 11.0. The van der Waals surface area contributed by atoms with Gasteiger partial charge in [0.2, 0.25) is 0 Å². The Morgan fingerprint density at radius 1 is 0.452 bits per heavy atom. The van der Waals surface area contributed by atoms with E-state index < -0.39 is 0 Å². The molecule has 4 aliphatic rings. The Hall–Kier alpha value is -5.94. The summed E-state index contributed by atoms with van der Waals surface area (Å²) in [4.78, 5) is 7.75. The molecule has 0 bridgehead atoms. The van der Waals surface area contributed by atoms with Gasteiger partial charge in [-0.15, -0.1) is 0 Å². The van der Waals surface area contributed by atoms with E-state index in [0.717, 1.165) is 65.5 Å². The Bertz CT molecular complexity index is 3280. The summed E-state index contributed by atoms with van der Waals surface area (Å²) in [6, 6.07) is 49.6. The molecule has 6 aromatic carbocycles. The largest absolute Gasteiger partial charge is 0.472 e. The molecular formula is C68H80BN3O. The molecule has 0 saturated heterocycles. The summed E-state index contributed by atoms with van der Waals surface area (Å²) >= 11 is 0. The van der Waals surface area contributed by atoms with Crippen LogP contribution in [0.1, 0.15) is 183 Å². The van der Waals surface area contributed by atoms with Crippen molar-refractivity contribution >= 4 is 74.5 Å². The van der Waals surface area contributed by atoms with Crippen LogP contribution in [-0.2, 0) is 37.9 Å². The van der Waals surface area contributed by atoms with Crippen LogP contribution in [0.2, 0.25) is 0 Å². The van der Waals surface area contributed by atoms with E-state index in [1.165, 1.54) is 67.1 Å². The van der Waals surface area contributed by atoms with Gasteiger partial charge in [0.05, 0.1) is 17.0 Å². The summed E-state index contributed by atoms with van der Waals surface area (Å²) in [5.41, 5.74) is 22.2. The van der Waals surface area contributed by atoms with Crippen molar-refractivity contribution in [1.29, 1.82) is 0 Å². The summed E-state index contributed by atoms with van der Waals surface area (Å²) in [6.07, 6.45) is 4.43. The lowest BCUT2D eigenvalue weighted by molar-refractivity contribution is 0.282. The van der Waals surface area contributed by atoms with Gasteiger partial charge in [0, 0.05) is 50.8 Å². The molecule has 0 atom stereocenters. The third kappa shape index (κ3) is 8.00. The molecule has 4 nitrogen and oxygen atoms in total. The van der Waals surface area contributed by atoms with E-state index in [-0.39, 0.29) is 44.6 Å². The van der Waals surface area contributed by atoms with Crippen molar-refractivity contribution in [2.24, 2.45) is 0 Å². The van der Waals surface area contributed by atoms with Gasteiger partial charge in [-0.1, -0.05) is 178 Å². The molecule has 0 unspecified atom stereocenters. The van der Waals surface area contributed by atoms with Crippen LogP contribution in [0.3, 0.4) is 0 Å². The Morgan fingerprint density at radius 3 is 1.41 bits per heavy atom. The maximum absolute atomic E-state index is 7.83. The molecule has 11 rings (SSSR count). The second kappa shape index (κ2) is 16.3. The normalized spacial score (nSPS) is 18.1. The number of anilines is 9. The first-order valence-corrected chi connectivity index (χ1v) is 27.4. The Labute approximate surface area is 439 Å². The molecule has 0 amide bonds. The van der Waals surface area contributed by atoms with Crippen LogP contribution in [0, 0.1) is 0 Å². The number of nitrogens with zero attached hydrogens (tertiary/aromatic N) is 3. The van der Waals surface area contributed by atoms with Crippen molar-refractivity contribution in [3.05, 3.63) is 167 Å². The molecule has 73 heavy (non-hydrogen) atoms. The molecule has 376 valence electrons. The molecule has 0 fully saturated rings. The van der Waals surface area contributed by atoms with Crippen molar-refractivity contribution in [3.63, 3.8) is 0 Å². The zero-order valence-corrected chi connectivity index (χ0v) is 47.3. The number of para-hydroxylation sites is 1. The quantitative estimate of drug-likeness (QED) is 0.160. The molecule has 1 aromatic heterocycles. The lowest BCUT2D eigenvalue weighted by Crippen LogP contribution is -2.61. The third-order valence-corrected chi connectivity index (χ3v) is 17.8.